The van der Waals surface area contributed by atoms with E-state index in [-0.39, 0.29) is 35.6 Å². The largest absolute Gasteiger partial charge is 0.417 e. The van der Waals surface area contributed by atoms with Gasteiger partial charge in [-0.2, -0.15) is 39.5 Å². The van der Waals surface area contributed by atoms with Crippen molar-refractivity contribution >= 4 is 29.2 Å². The monoisotopic (exact) mass is 604 g/mol. The lowest BCUT2D eigenvalue weighted by Gasteiger charge is -2.20. The summed E-state index contributed by atoms with van der Waals surface area (Å²) in [7, 11) is 0. The average Bonchev–Trinajstić information content (AvgIpc) is 3.61. The van der Waals surface area contributed by atoms with Crippen LogP contribution >= 0.6 is 11.6 Å². The van der Waals surface area contributed by atoms with Crippen molar-refractivity contribution in [3.63, 3.8) is 0 Å². The molecule has 1 saturated carbocycles. The maximum Gasteiger partial charge on any atom is 0.417 e. The zero-order valence-corrected chi connectivity index (χ0v) is 21.0. The number of rotatable bonds is 7. The second kappa shape index (κ2) is 10.9. The van der Waals surface area contributed by atoms with Crippen LogP contribution in [0.1, 0.15) is 51.4 Å². The van der Waals surface area contributed by atoms with Crippen molar-refractivity contribution in [3.05, 3.63) is 75.3 Å². The second-order valence-corrected chi connectivity index (χ2v) is 9.54. The topological polar surface area (TPSA) is 58.2 Å². The first-order chi connectivity index (χ1) is 18.2. The summed E-state index contributed by atoms with van der Waals surface area (Å²) in [5.41, 5.74) is -5.81. The van der Waals surface area contributed by atoms with Crippen molar-refractivity contribution in [1.29, 1.82) is 0 Å². The number of amides is 2. The molecule has 0 bridgehead atoms. The first-order valence-corrected chi connectivity index (χ1v) is 11.7. The molecule has 2 aromatic carbocycles. The molecular weight excluding hydrogens is 586 g/mol. The molecule has 4 nitrogen and oxygen atoms in total. The summed E-state index contributed by atoms with van der Waals surface area (Å²) in [4.78, 5) is 24.7. The minimum atomic E-state index is -5.30. The molecule has 0 spiro atoms. The van der Waals surface area contributed by atoms with E-state index < -0.39 is 76.4 Å². The van der Waals surface area contributed by atoms with E-state index in [0.29, 0.717) is 12.1 Å². The summed E-state index contributed by atoms with van der Waals surface area (Å²) in [6.07, 6.45) is -15.3. The number of carbonyl (C=O) groups is 2. The molecule has 1 fully saturated rings. The summed E-state index contributed by atoms with van der Waals surface area (Å²) in [5.74, 6) is -6.97. The third kappa shape index (κ3) is 7.46. The van der Waals surface area contributed by atoms with Gasteiger partial charge in [0.05, 0.1) is 11.1 Å². The summed E-state index contributed by atoms with van der Waals surface area (Å²) in [6.45, 7) is -0.323. The van der Waals surface area contributed by atoms with Gasteiger partial charge in [0.1, 0.15) is 23.8 Å². The Balaban J connectivity index is 1.94. The molecule has 0 radical (unpaired) electrons. The standard InChI is InChI=1S/C25H19ClF10N2O2/c1-12-8-13(3-5-18(12)26)16(24(31,32)33)10-19(27)14-2-4-15(17(9-14)25(34,35)36)20(39)38-22(6-7-22)21(40)37-11-23(28,29)30/h2-5,8-10,16H,6-7,11H2,1H3,(H,37,40)(H,38,39)/b19-10-. The van der Waals surface area contributed by atoms with Crippen molar-refractivity contribution in [1.82, 2.24) is 10.6 Å². The van der Waals surface area contributed by atoms with Gasteiger partial charge in [-0.05, 0) is 55.2 Å². The Morgan fingerprint density at radius 3 is 2.12 bits per heavy atom. The SMILES string of the molecule is Cc1cc(C(/C=C(\F)c2ccc(C(=O)NC3(C(=O)NCC(F)(F)F)CC3)c(C(F)(F)F)c2)C(F)(F)F)ccc1Cl. The lowest BCUT2D eigenvalue weighted by atomic mass is 9.94. The molecule has 0 saturated heterocycles. The van der Waals surface area contributed by atoms with Gasteiger partial charge in [0.25, 0.3) is 5.91 Å². The Morgan fingerprint density at radius 1 is 1.00 bits per heavy atom. The molecule has 1 atom stereocenters. The minimum absolute atomic E-state index is 0.0854. The molecule has 0 aromatic heterocycles. The highest BCUT2D eigenvalue weighted by atomic mass is 35.5. The van der Waals surface area contributed by atoms with Crippen molar-refractivity contribution in [2.75, 3.05) is 6.54 Å². The van der Waals surface area contributed by atoms with Gasteiger partial charge in [-0.1, -0.05) is 29.8 Å². The van der Waals surface area contributed by atoms with Gasteiger partial charge in [0.2, 0.25) is 5.91 Å². The number of allylic oxidation sites excluding steroid dienone is 1. The van der Waals surface area contributed by atoms with Crippen LogP contribution < -0.4 is 10.6 Å². The van der Waals surface area contributed by atoms with Crippen LogP contribution in [0.2, 0.25) is 5.02 Å². The van der Waals surface area contributed by atoms with Crippen molar-refractivity contribution in [2.24, 2.45) is 0 Å². The number of alkyl halides is 9. The Bertz CT molecular complexity index is 1330. The van der Waals surface area contributed by atoms with Crippen LogP contribution in [0.5, 0.6) is 0 Å². The molecule has 1 aliphatic carbocycles. The van der Waals surface area contributed by atoms with E-state index in [4.69, 9.17) is 11.6 Å². The van der Waals surface area contributed by atoms with E-state index in [1.807, 2.05) is 5.32 Å². The van der Waals surface area contributed by atoms with Crippen LogP contribution in [-0.2, 0) is 11.0 Å². The molecule has 40 heavy (non-hydrogen) atoms. The van der Waals surface area contributed by atoms with E-state index in [1.54, 1.807) is 5.32 Å². The molecule has 2 aromatic rings. The molecule has 1 unspecified atom stereocenters. The maximum absolute atomic E-state index is 15.0. The van der Waals surface area contributed by atoms with Crippen LogP contribution in [0.15, 0.2) is 42.5 Å². The molecule has 0 aliphatic heterocycles. The summed E-state index contributed by atoms with van der Waals surface area (Å²) < 4.78 is 135. The molecule has 1 aliphatic rings. The van der Waals surface area contributed by atoms with Gasteiger partial charge >= 0.3 is 18.5 Å². The molecule has 218 valence electrons. The predicted molar refractivity (Wildman–Crippen MR) is 124 cm³/mol. The van der Waals surface area contributed by atoms with Crippen molar-refractivity contribution < 1.29 is 53.5 Å². The maximum atomic E-state index is 15.0. The fourth-order valence-electron chi connectivity index (χ4n) is 3.78. The van der Waals surface area contributed by atoms with Gasteiger partial charge in [-0.15, -0.1) is 0 Å². The summed E-state index contributed by atoms with van der Waals surface area (Å²) >= 11 is 5.82. The number of hydrogen-bond acceptors (Lipinski definition) is 2. The minimum Gasteiger partial charge on any atom is -0.345 e. The van der Waals surface area contributed by atoms with E-state index in [9.17, 15) is 53.5 Å². The van der Waals surface area contributed by atoms with E-state index in [1.165, 1.54) is 6.92 Å². The Hall–Kier alpha value is -3.29. The van der Waals surface area contributed by atoms with Gasteiger partial charge in [0.15, 0.2) is 0 Å². The number of nitrogens with one attached hydrogen (secondary N) is 2. The number of hydrogen-bond donors (Lipinski definition) is 2. The Kier molecular flexibility index (Phi) is 8.54. The molecule has 15 heteroatoms. The van der Waals surface area contributed by atoms with E-state index >= 15 is 0 Å². The van der Waals surface area contributed by atoms with Crippen molar-refractivity contribution in [3.8, 4) is 0 Å². The third-order valence-corrected chi connectivity index (χ3v) is 6.46. The van der Waals surface area contributed by atoms with Gasteiger partial charge < -0.3 is 10.6 Å². The van der Waals surface area contributed by atoms with Gasteiger partial charge in [-0.3, -0.25) is 9.59 Å². The van der Waals surface area contributed by atoms with Gasteiger partial charge in [0, 0.05) is 10.6 Å². The molecule has 2 N–H and O–H groups in total. The second-order valence-electron chi connectivity index (χ2n) is 9.13. The lowest BCUT2D eigenvalue weighted by molar-refractivity contribution is -0.140. The highest BCUT2D eigenvalue weighted by Gasteiger charge is 2.52. The average molecular weight is 605 g/mol. The van der Waals surface area contributed by atoms with E-state index in [0.717, 1.165) is 18.2 Å². The van der Waals surface area contributed by atoms with Crippen LogP contribution in [0.4, 0.5) is 43.9 Å². The summed E-state index contributed by atoms with van der Waals surface area (Å²) in [6, 6.07) is 4.47. The number of benzene rings is 2. The summed E-state index contributed by atoms with van der Waals surface area (Å²) in [5, 5.41) is 3.66. The quantitative estimate of drug-likeness (QED) is 0.327. The lowest BCUT2D eigenvalue weighted by Crippen LogP contribution is -2.51. The number of halogens is 11. The number of aryl methyl sites for hydroxylation is 1. The highest BCUT2D eigenvalue weighted by Crippen LogP contribution is 2.41. The molecule has 2 amide bonds. The number of carbonyl (C=O) groups excluding carboxylic acids is 2. The van der Waals surface area contributed by atoms with Crippen molar-refractivity contribution in [2.45, 2.75) is 49.8 Å². The highest BCUT2D eigenvalue weighted by molar-refractivity contribution is 6.31. The predicted octanol–water partition coefficient (Wildman–Crippen LogP) is 7.26. The van der Waals surface area contributed by atoms with E-state index in [2.05, 4.69) is 0 Å². The fourth-order valence-corrected chi connectivity index (χ4v) is 3.89. The smallest absolute Gasteiger partial charge is 0.345 e. The zero-order chi connectivity index (χ0) is 30.3. The fraction of sp³-hybridized carbons (Fsp3) is 0.360. The van der Waals surface area contributed by atoms with Crippen LogP contribution in [-0.4, -0.2) is 36.3 Å². The zero-order valence-electron chi connectivity index (χ0n) is 20.2. The molecule has 0 heterocycles. The Morgan fingerprint density at radius 2 is 1.62 bits per heavy atom. The Labute approximate surface area is 225 Å². The molecule has 3 rings (SSSR count). The van der Waals surface area contributed by atoms with Crippen LogP contribution in [0, 0.1) is 6.92 Å². The first-order valence-electron chi connectivity index (χ1n) is 11.3. The van der Waals surface area contributed by atoms with Crippen LogP contribution in [0.3, 0.4) is 0 Å². The third-order valence-electron chi connectivity index (χ3n) is 6.04. The van der Waals surface area contributed by atoms with Gasteiger partial charge in [-0.25, -0.2) is 4.39 Å². The normalized spacial score (nSPS) is 16.4. The first kappa shape index (κ1) is 31.2. The molecular formula is C25H19ClF10N2O2. The van der Waals surface area contributed by atoms with Crippen LogP contribution in [0.25, 0.3) is 5.83 Å².